The van der Waals surface area contributed by atoms with E-state index >= 15 is 0 Å². The van der Waals surface area contributed by atoms with Crippen molar-refractivity contribution in [3.05, 3.63) is 45.0 Å². The van der Waals surface area contributed by atoms with Gasteiger partial charge in [-0.2, -0.15) is 0 Å². The van der Waals surface area contributed by atoms with Crippen LogP contribution < -0.4 is 15.1 Å². The van der Waals surface area contributed by atoms with Crippen molar-refractivity contribution in [3.63, 3.8) is 0 Å². The summed E-state index contributed by atoms with van der Waals surface area (Å²) in [5.74, 6) is -0.922. The molecule has 3 rings (SSSR count). The predicted molar refractivity (Wildman–Crippen MR) is 112 cm³/mol. The first-order valence-corrected chi connectivity index (χ1v) is 10.4. The maximum atomic E-state index is 12.3. The monoisotopic (exact) mass is 419 g/mol. The molecule has 1 aliphatic rings. The number of ether oxygens (including phenoxy) is 2. The number of thiazole rings is 1. The Hall–Kier alpha value is -2.65. The van der Waals surface area contributed by atoms with Crippen molar-refractivity contribution in [1.82, 2.24) is 4.57 Å². The fraction of sp³-hybridized carbons (Fsp3) is 0.450. The van der Waals surface area contributed by atoms with Gasteiger partial charge in [-0.1, -0.05) is 11.3 Å². The van der Waals surface area contributed by atoms with E-state index in [1.165, 1.54) is 11.5 Å². The highest BCUT2D eigenvalue weighted by Gasteiger charge is 2.19. The molecule has 2 heterocycles. The number of aromatic nitrogens is 1. The molecule has 0 saturated carbocycles. The van der Waals surface area contributed by atoms with Crippen LogP contribution in [0.4, 0.5) is 11.4 Å². The maximum absolute atomic E-state index is 12.3. The Bertz CT molecular complexity index is 900. The Labute approximate surface area is 173 Å². The van der Waals surface area contributed by atoms with Gasteiger partial charge in [-0.25, -0.2) is 0 Å². The van der Waals surface area contributed by atoms with Crippen LogP contribution in [0.1, 0.15) is 19.0 Å². The fourth-order valence-corrected chi connectivity index (χ4v) is 3.77. The lowest BCUT2D eigenvalue weighted by Gasteiger charge is -2.28. The first kappa shape index (κ1) is 21.1. The van der Waals surface area contributed by atoms with Gasteiger partial charge in [-0.15, -0.1) is 0 Å². The summed E-state index contributed by atoms with van der Waals surface area (Å²) in [6, 6.07) is 7.53. The average Bonchev–Trinajstić information content (AvgIpc) is 3.05. The smallest absolute Gasteiger partial charge is 0.308 e. The highest BCUT2D eigenvalue weighted by molar-refractivity contribution is 7.07. The van der Waals surface area contributed by atoms with Gasteiger partial charge in [0.1, 0.15) is 0 Å². The SMILES string of the molecule is Cc1csc(=O)n1CCC(=O)O[C@H](C)C(=O)Nc1ccc(N2CCOCC2)cc1. The second kappa shape index (κ2) is 9.71. The predicted octanol–water partition coefficient (Wildman–Crippen LogP) is 2.02. The zero-order valence-electron chi connectivity index (χ0n) is 16.6. The van der Waals surface area contributed by atoms with Crippen LogP contribution in [0.15, 0.2) is 34.4 Å². The summed E-state index contributed by atoms with van der Waals surface area (Å²) in [4.78, 5) is 38.1. The molecule has 156 valence electrons. The van der Waals surface area contributed by atoms with Crippen LogP contribution in [-0.2, 0) is 25.6 Å². The van der Waals surface area contributed by atoms with Gasteiger partial charge in [0.05, 0.1) is 19.6 Å². The molecule has 0 radical (unpaired) electrons. The van der Waals surface area contributed by atoms with Gasteiger partial charge in [0.2, 0.25) is 0 Å². The van der Waals surface area contributed by atoms with Crippen molar-refractivity contribution in [2.45, 2.75) is 32.9 Å². The van der Waals surface area contributed by atoms with Crippen molar-refractivity contribution in [1.29, 1.82) is 0 Å². The van der Waals surface area contributed by atoms with E-state index in [-0.39, 0.29) is 17.8 Å². The fourth-order valence-electron chi connectivity index (χ4n) is 3.01. The molecule has 1 saturated heterocycles. The topological polar surface area (TPSA) is 89.9 Å². The third-order valence-electron chi connectivity index (χ3n) is 4.70. The standard InChI is InChI=1S/C20H25N3O5S/c1-14-13-29-20(26)23(14)8-7-18(24)28-15(2)19(25)21-16-3-5-17(6-4-16)22-9-11-27-12-10-22/h3-6,13,15H,7-12H2,1-2H3,(H,21,25)/t15-/m1/s1. The minimum atomic E-state index is -0.929. The third kappa shape index (κ3) is 5.68. The van der Waals surface area contributed by atoms with Crippen molar-refractivity contribution in [3.8, 4) is 0 Å². The quantitative estimate of drug-likeness (QED) is 0.691. The summed E-state index contributed by atoms with van der Waals surface area (Å²) >= 11 is 1.09. The van der Waals surface area contributed by atoms with Crippen molar-refractivity contribution in [2.24, 2.45) is 0 Å². The summed E-state index contributed by atoms with van der Waals surface area (Å²) in [5, 5.41) is 4.50. The lowest BCUT2D eigenvalue weighted by Crippen LogP contribution is -2.36. The lowest BCUT2D eigenvalue weighted by molar-refractivity contribution is -0.153. The lowest BCUT2D eigenvalue weighted by atomic mass is 10.2. The van der Waals surface area contributed by atoms with Gasteiger partial charge in [0, 0.05) is 42.1 Å². The molecule has 9 heteroatoms. The molecule has 0 aliphatic carbocycles. The molecule has 8 nitrogen and oxygen atoms in total. The number of benzene rings is 1. The second-order valence-electron chi connectivity index (χ2n) is 6.81. The van der Waals surface area contributed by atoms with Gasteiger partial charge in [-0.3, -0.25) is 14.4 Å². The molecular weight excluding hydrogens is 394 g/mol. The van der Waals surface area contributed by atoms with E-state index in [1.807, 2.05) is 31.2 Å². The van der Waals surface area contributed by atoms with Crippen LogP contribution in [0.3, 0.4) is 0 Å². The Balaban J connectivity index is 1.47. The number of hydrogen-bond donors (Lipinski definition) is 1. The molecule has 2 aromatic rings. The Morgan fingerprint density at radius 2 is 1.93 bits per heavy atom. The number of amides is 1. The van der Waals surface area contributed by atoms with Crippen LogP contribution in [0.5, 0.6) is 0 Å². The molecule has 1 fully saturated rings. The van der Waals surface area contributed by atoms with E-state index in [0.717, 1.165) is 35.8 Å². The normalized spacial score (nSPS) is 15.0. The number of carbonyl (C=O) groups excluding carboxylic acids is 2. The summed E-state index contributed by atoms with van der Waals surface area (Å²) in [5.41, 5.74) is 2.51. The molecule has 0 spiro atoms. The van der Waals surface area contributed by atoms with E-state index in [2.05, 4.69) is 10.2 Å². The van der Waals surface area contributed by atoms with Gasteiger partial charge >= 0.3 is 10.8 Å². The van der Waals surface area contributed by atoms with Crippen LogP contribution in [0.25, 0.3) is 0 Å². The molecule has 1 aromatic heterocycles. The van der Waals surface area contributed by atoms with Crippen molar-refractivity contribution in [2.75, 3.05) is 36.5 Å². The van der Waals surface area contributed by atoms with Crippen molar-refractivity contribution >= 4 is 34.6 Å². The van der Waals surface area contributed by atoms with Gasteiger partial charge in [-0.05, 0) is 38.1 Å². The molecule has 1 N–H and O–H groups in total. The third-order valence-corrected chi connectivity index (χ3v) is 5.59. The summed E-state index contributed by atoms with van der Waals surface area (Å²) in [6.45, 7) is 6.68. The Kier molecular flexibility index (Phi) is 7.05. The molecule has 1 aliphatic heterocycles. The molecule has 0 bridgehead atoms. The van der Waals surface area contributed by atoms with Crippen LogP contribution >= 0.6 is 11.3 Å². The highest BCUT2D eigenvalue weighted by atomic mass is 32.1. The minimum absolute atomic E-state index is 0.0311. The van der Waals surface area contributed by atoms with Crippen molar-refractivity contribution < 1.29 is 19.1 Å². The summed E-state index contributed by atoms with van der Waals surface area (Å²) in [6.07, 6.45) is -0.898. The summed E-state index contributed by atoms with van der Waals surface area (Å²) < 4.78 is 12.1. The molecule has 29 heavy (non-hydrogen) atoms. The number of aryl methyl sites for hydroxylation is 1. The summed E-state index contributed by atoms with van der Waals surface area (Å²) in [7, 11) is 0. The molecule has 1 atom stereocenters. The second-order valence-corrected chi connectivity index (χ2v) is 7.63. The first-order chi connectivity index (χ1) is 13.9. The molecule has 1 aromatic carbocycles. The zero-order chi connectivity index (χ0) is 20.8. The number of esters is 1. The number of anilines is 2. The molecular formula is C20H25N3O5S. The number of nitrogens with zero attached hydrogens (tertiary/aromatic N) is 2. The number of nitrogens with one attached hydrogen (secondary N) is 1. The zero-order valence-corrected chi connectivity index (χ0v) is 17.4. The largest absolute Gasteiger partial charge is 0.452 e. The average molecular weight is 420 g/mol. The molecule has 1 amide bonds. The number of morpholine rings is 1. The van der Waals surface area contributed by atoms with E-state index in [4.69, 9.17) is 9.47 Å². The van der Waals surface area contributed by atoms with Gasteiger partial charge < -0.3 is 24.3 Å². The first-order valence-electron chi connectivity index (χ1n) is 9.52. The van der Waals surface area contributed by atoms with E-state index in [9.17, 15) is 14.4 Å². The van der Waals surface area contributed by atoms with E-state index in [1.54, 1.807) is 5.38 Å². The van der Waals surface area contributed by atoms with E-state index in [0.29, 0.717) is 18.9 Å². The minimum Gasteiger partial charge on any atom is -0.452 e. The number of rotatable bonds is 7. The number of carbonyl (C=O) groups is 2. The van der Waals surface area contributed by atoms with E-state index < -0.39 is 18.0 Å². The van der Waals surface area contributed by atoms with Gasteiger partial charge in [0.25, 0.3) is 5.91 Å². The Morgan fingerprint density at radius 3 is 2.55 bits per heavy atom. The van der Waals surface area contributed by atoms with Gasteiger partial charge in [0.15, 0.2) is 6.10 Å². The Morgan fingerprint density at radius 1 is 1.24 bits per heavy atom. The van der Waals surface area contributed by atoms with Crippen LogP contribution in [0.2, 0.25) is 0 Å². The van der Waals surface area contributed by atoms with Crippen LogP contribution in [0, 0.1) is 6.92 Å². The number of hydrogen-bond acceptors (Lipinski definition) is 7. The van der Waals surface area contributed by atoms with Crippen LogP contribution in [-0.4, -0.2) is 48.9 Å². The molecule has 0 unspecified atom stereocenters. The maximum Gasteiger partial charge on any atom is 0.308 e. The highest BCUT2D eigenvalue weighted by Crippen LogP contribution is 2.19.